The number of carbonyl (C=O) groups is 2. The molecule has 27 heavy (non-hydrogen) atoms. The fourth-order valence-corrected chi connectivity index (χ4v) is 5.78. The summed E-state index contributed by atoms with van der Waals surface area (Å²) in [6, 6.07) is 5.20. The first-order valence-corrected chi connectivity index (χ1v) is 9.84. The Morgan fingerprint density at radius 3 is 2.56 bits per heavy atom. The van der Waals surface area contributed by atoms with E-state index in [0.717, 1.165) is 32.1 Å². The number of nitrogens with zero attached hydrogens (tertiary/aromatic N) is 1. The van der Waals surface area contributed by atoms with Crippen LogP contribution in [0, 0.1) is 17.3 Å². The van der Waals surface area contributed by atoms with Crippen LogP contribution < -0.4 is 5.32 Å². The van der Waals surface area contributed by atoms with Crippen LogP contribution in [0.4, 0.5) is 0 Å². The molecule has 2 N–H and O–H groups in total. The number of esters is 1. The van der Waals surface area contributed by atoms with Gasteiger partial charge in [0, 0.05) is 19.2 Å². The summed E-state index contributed by atoms with van der Waals surface area (Å²) < 4.78 is 6.03. The quantitative estimate of drug-likeness (QED) is 0.775. The third-order valence-electron chi connectivity index (χ3n) is 6.35. The van der Waals surface area contributed by atoms with Gasteiger partial charge in [0.25, 0.3) is 0 Å². The van der Waals surface area contributed by atoms with Crippen molar-refractivity contribution >= 4 is 11.9 Å². The molecule has 4 fully saturated rings. The van der Waals surface area contributed by atoms with E-state index < -0.39 is 22.6 Å². The highest BCUT2D eigenvalue weighted by molar-refractivity contribution is 5.88. The average molecular weight is 372 g/mol. The monoisotopic (exact) mass is 372 g/mol. The fourth-order valence-electron chi connectivity index (χ4n) is 5.78. The van der Waals surface area contributed by atoms with Crippen molar-refractivity contribution in [2.75, 3.05) is 6.54 Å². The highest BCUT2D eigenvalue weighted by Crippen LogP contribution is 2.63. The average Bonchev–Trinajstić information content (AvgIpc) is 2.58. The molecule has 5 rings (SSSR count). The van der Waals surface area contributed by atoms with Crippen molar-refractivity contribution < 1.29 is 19.4 Å². The van der Waals surface area contributed by atoms with Crippen LogP contribution in [-0.4, -0.2) is 39.7 Å². The van der Waals surface area contributed by atoms with Crippen LogP contribution >= 0.6 is 0 Å². The Morgan fingerprint density at radius 1 is 1.26 bits per heavy atom. The lowest BCUT2D eigenvalue weighted by Crippen LogP contribution is -2.62. The smallest absolute Gasteiger partial charge is 0.357 e. The van der Waals surface area contributed by atoms with Crippen molar-refractivity contribution in [3.8, 4) is 0 Å². The van der Waals surface area contributed by atoms with Crippen molar-refractivity contribution in [1.82, 2.24) is 10.3 Å². The predicted octanol–water partition coefficient (Wildman–Crippen LogP) is 2.46. The summed E-state index contributed by atoms with van der Waals surface area (Å²) in [4.78, 5) is 29.8. The van der Waals surface area contributed by atoms with Gasteiger partial charge in [0.15, 0.2) is 0 Å². The van der Waals surface area contributed by atoms with E-state index in [1.54, 1.807) is 38.2 Å². The van der Waals surface area contributed by atoms with Crippen molar-refractivity contribution in [2.45, 2.75) is 63.6 Å². The molecule has 1 amide bonds. The lowest BCUT2D eigenvalue weighted by Gasteiger charge is -2.60. The number of aliphatic hydroxyl groups is 1. The molecule has 4 saturated carbocycles. The number of hydrogen-bond donors (Lipinski definition) is 2. The van der Waals surface area contributed by atoms with E-state index >= 15 is 0 Å². The van der Waals surface area contributed by atoms with Crippen molar-refractivity contribution in [1.29, 1.82) is 0 Å². The van der Waals surface area contributed by atoms with Gasteiger partial charge in [0.2, 0.25) is 5.91 Å². The summed E-state index contributed by atoms with van der Waals surface area (Å²) in [5.74, 6) is 0.424. The molecule has 0 spiro atoms. The summed E-state index contributed by atoms with van der Waals surface area (Å²) in [5, 5.41) is 12.9. The SMILES string of the molecule is CC(C)(O)CNC(=O)C12CC3CC(CC(OC(=O)c4ccccn4)(C3)C1)C2. The molecule has 4 bridgehead atoms. The number of rotatable bonds is 5. The number of hydrogen-bond acceptors (Lipinski definition) is 5. The molecule has 2 atom stereocenters. The molecule has 0 aromatic carbocycles. The molecule has 1 heterocycles. The molecule has 0 aliphatic heterocycles. The van der Waals surface area contributed by atoms with E-state index in [1.807, 2.05) is 0 Å². The molecule has 4 aliphatic rings. The lowest BCUT2D eigenvalue weighted by molar-refractivity contribution is -0.180. The largest absolute Gasteiger partial charge is 0.454 e. The summed E-state index contributed by atoms with van der Waals surface area (Å²) in [6.45, 7) is 3.59. The minimum atomic E-state index is -0.943. The van der Waals surface area contributed by atoms with Crippen LogP contribution in [-0.2, 0) is 9.53 Å². The second kappa shape index (κ2) is 6.30. The van der Waals surface area contributed by atoms with Gasteiger partial charge >= 0.3 is 5.97 Å². The molecule has 6 nitrogen and oxygen atoms in total. The van der Waals surface area contributed by atoms with Gasteiger partial charge in [-0.3, -0.25) is 4.79 Å². The summed E-state index contributed by atoms with van der Waals surface area (Å²) in [5.41, 5.74) is -1.68. The van der Waals surface area contributed by atoms with Crippen molar-refractivity contribution in [3.63, 3.8) is 0 Å². The van der Waals surface area contributed by atoms with Crippen LogP contribution in [0.1, 0.15) is 62.9 Å². The number of nitrogens with one attached hydrogen (secondary N) is 1. The minimum Gasteiger partial charge on any atom is -0.454 e. The number of carbonyl (C=O) groups excluding carboxylic acids is 2. The molecule has 2 unspecified atom stereocenters. The highest BCUT2D eigenvalue weighted by Gasteiger charge is 2.62. The zero-order chi connectivity index (χ0) is 19.3. The minimum absolute atomic E-state index is 0.00279. The molecule has 6 heteroatoms. The molecular formula is C21H28N2O4. The van der Waals surface area contributed by atoms with Crippen LogP contribution in [0.15, 0.2) is 24.4 Å². The van der Waals surface area contributed by atoms with Gasteiger partial charge in [-0.1, -0.05) is 6.07 Å². The topological polar surface area (TPSA) is 88.5 Å². The Balaban J connectivity index is 1.53. The van der Waals surface area contributed by atoms with Gasteiger partial charge < -0.3 is 15.2 Å². The van der Waals surface area contributed by atoms with Crippen LogP contribution in [0.25, 0.3) is 0 Å². The van der Waals surface area contributed by atoms with E-state index in [0.29, 0.717) is 24.0 Å². The lowest BCUT2D eigenvalue weighted by atomic mass is 9.47. The van der Waals surface area contributed by atoms with Gasteiger partial charge in [0.1, 0.15) is 11.3 Å². The first-order valence-electron chi connectivity index (χ1n) is 9.84. The van der Waals surface area contributed by atoms with Gasteiger partial charge in [-0.25, -0.2) is 9.78 Å². The van der Waals surface area contributed by atoms with Gasteiger partial charge in [-0.2, -0.15) is 0 Å². The third-order valence-corrected chi connectivity index (χ3v) is 6.35. The maximum Gasteiger partial charge on any atom is 0.357 e. The van der Waals surface area contributed by atoms with E-state index in [4.69, 9.17) is 4.74 Å². The summed E-state index contributed by atoms with van der Waals surface area (Å²) >= 11 is 0. The zero-order valence-electron chi connectivity index (χ0n) is 16.0. The Morgan fingerprint density at radius 2 is 1.96 bits per heavy atom. The van der Waals surface area contributed by atoms with E-state index in [9.17, 15) is 14.7 Å². The molecule has 0 radical (unpaired) electrons. The summed E-state index contributed by atoms with van der Waals surface area (Å²) in [7, 11) is 0. The van der Waals surface area contributed by atoms with Crippen LogP contribution in [0.2, 0.25) is 0 Å². The molecule has 0 saturated heterocycles. The number of pyridine rings is 1. The number of amides is 1. The highest BCUT2D eigenvalue weighted by atomic mass is 16.6. The Kier molecular flexibility index (Phi) is 4.29. The van der Waals surface area contributed by atoms with Gasteiger partial charge in [-0.05, 0) is 69.9 Å². The van der Waals surface area contributed by atoms with Crippen molar-refractivity contribution in [3.05, 3.63) is 30.1 Å². The van der Waals surface area contributed by atoms with Gasteiger partial charge in [-0.15, -0.1) is 0 Å². The van der Waals surface area contributed by atoms with Crippen molar-refractivity contribution in [2.24, 2.45) is 17.3 Å². The molecule has 4 aliphatic carbocycles. The van der Waals surface area contributed by atoms with E-state index in [1.165, 1.54) is 0 Å². The molecule has 146 valence electrons. The second-order valence-electron chi connectivity index (χ2n) is 9.52. The van der Waals surface area contributed by atoms with Gasteiger partial charge in [0.05, 0.1) is 11.0 Å². The number of aromatic nitrogens is 1. The first kappa shape index (κ1) is 18.4. The Labute approximate surface area is 159 Å². The maximum atomic E-state index is 13.1. The van der Waals surface area contributed by atoms with Crippen LogP contribution in [0.3, 0.4) is 0 Å². The number of ether oxygens (including phenoxy) is 1. The predicted molar refractivity (Wildman–Crippen MR) is 98.8 cm³/mol. The Hall–Kier alpha value is -1.95. The third kappa shape index (κ3) is 3.59. The first-order chi connectivity index (χ1) is 12.7. The fraction of sp³-hybridized carbons (Fsp3) is 0.667. The Bertz CT molecular complexity index is 726. The van der Waals surface area contributed by atoms with E-state index in [2.05, 4.69) is 10.3 Å². The van der Waals surface area contributed by atoms with E-state index in [-0.39, 0.29) is 12.5 Å². The normalized spacial score (nSPS) is 34.3. The molecule has 1 aromatic heterocycles. The molecular weight excluding hydrogens is 344 g/mol. The maximum absolute atomic E-state index is 13.1. The standard InChI is InChI=1S/C21H28N2O4/c1-19(2,26)13-23-18(25)20-8-14-7-15(9-20)11-21(10-14,12-20)27-17(24)16-5-3-4-6-22-16/h3-6,14-15,26H,7-13H2,1-2H3,(H,23,25). The summed E-state index contributed by atoms with van der Waals surface area (Å²) in [6.07, 6.45) is 6.65. The van der Waals surface area contributed by atoms with Crippen LogP contribution in [0.5, 0.6) is 0 Å². The second-order valence-corrected chi connectivity index (χ2v) is 9.52. The molecule has 1 aromatic rings. The zero-order valence-corrected chi connectivity index (χ0v) is 16.0.